The van der Waals surface area contributed by atoms with Gasteiger partial charge in [0.15, 0.2) is 0 Å². The SMILES string of the molecule is Cc1ccc2c(c1)C(=O)O[C@H](CBr)C2. The molecular weight excluding hydrogens is 244 g/mol. The molecule has 2 nitrogen and oxygen atoms in total. The van der Waals surface area contributed by atoms with Gasteiger partial charge in [0.1, 0.15) is 6.10 Å². The summed E-state index contributed by atoms with van der Waals surface area (Å²) in [6, 6.07) is 5.94. The lowest BCUT2D eigenvalue weighted by Crippen LogP contribution is -2.28. The number of fused-ring (bicyclic) bond motifs is 1. The van der Waals surface area contributed by atoms with Crippen LogP contribution in [0.2, 0.25) is 0 Å². The molecule has 1 aromatic carbocycles. The van der Waals surface area contributed by atoms with Crippen LogP contribution in [0.3, 0.4) is 0 Å². The van der Waals surface area contributed by atoms with E-state index in [-0.39, 0.29) is 12.1 Å². The van der Waals surface area contributed by atoms with Crippen LogP contribution in [0.25, 0.3) is 0 Å². The molecule has 0 saturated heterocycles. The van der Waals surface area contributed by atoms with E-state index in [1.807, 2.05) is 25.1 Å². The normalized spacial score (nSPS) is 20.1. The predicted octanol–water partition coefficient (Wildman–Crippen LogP) is 2.47. The van der Waals surface area contributed by atoms with Gasteiger partial charge in [-0.1, -0.05) is 33.6 Å². The van der Waals surface area contributed by atoms with Gasteiger partial charge < -0.3 is 4.74 Å². The first-order valence-electron chi connectivity index (χ1n) is 4.57. The highest BCUT2D eigenvalue weighted by molar-refractivity contribution is 9.09. The fraction of sp³-hybridized carbons (Fsp3) is 0.364. The summed E-state index contributed by atoms with van der Waals surface area (Å²) < 4.78 is 5.23. The molecule has 1 aliphatic heterocycles. The molecule has 1 heterocycles. The lowest BCUT2D eigenvalue weighted by Gasteiger charge is -2.23. The molecule has 1 atom stereocenters. The van der Waals surface area contributed by atoms with Crippen molar-refractivity contribution in [1.82, 2.24) is 0 Å². The number of aryl methyl sites for hydroxylation is 1. The molecule has 1 aromatic rings. The summed E-state index contributed by atoms with van der Waals surface area (Å²) in [4.78, 5) is 11.6. The number of benzene rings is 1. The second kappa shape index (κ2) is 3.73. The van der Waals surface area contributed by atoms with Crippen molar-refractivity contribution in [2.24, 2.45) is 0 Å². The molecule has 14 heavy (non-hydrogen) atoms. The van der Waals surface area contributed by atoms with E-state index in [4.69, 9.17) is 4.74 Å². The number of rotatable bonds is 1. The summed E-state index contributed by atoms with van der Waals surface area (Å²) >= 11 is 3.33. The molecule has 0 bridgehead atoms. The Balaban J connectivity index is 2.40. The van der Waals surface area contributed by atoms with Crippen LogP contribution in [0, 0.1) is 6.92 Å². The van der Waals surface area contributed by atoms with E-state index >= 15 is 0 Å². The summed E-state index contributed by atoms with van der Waals surface area (Å²) in [6.45, 7) is 1.98. The zero-order valence-corrected chi connectivity index (χ0v) is 9.50. The predicted molar refractivity (Wildman–Crippen MR) is 57.9 cm³/mol. The molecule has 0 aromatic heterocycles. The van der Waals surface area contributed by atoms with E-state index in [2.05, 4.69) is 15.9 Å². The van der Waals surface area contributed by atoms with Gasteiger partial charge in [0.05, 0.1) is 5.56 Å². The minimum Gasteiger partial charge on any atom is -0.458 e. The van der Waals surface area contributed by atoms with Crippen molar-refractivity contribution < 1.29 is 9.53 Å². The maximum absolute atomic E-state index is 11.6. The van der Waals surface area contributed by atoms with Gasteiger partial charge in [0, 0.05) is 11.8 Å². The minimum atomic E-state index is -0.195. The molecule has 0 unspecified atom stereocenters. The fourth-order valence-corrected chi connectivity index (χ4v) is 2.01. The highest BCUT2D eigenvalue weighted by atomic mass is 79.9. The lowest BCUT2D eigenvalue weighted by molar-refractivity contribution is 0.0313. The molecule has 0 saturated carbocycles. The van der Waals surface area contributed by atoms with Crippen molar-refractivity contribution in [3.05, 3.63) is 34.9 Å². The molecule has 0 aliphatic carbocycles. The van der Waals surface area contributed by atoms with Crippen molar-refractivity contribution in [1.29, 1.82) is 0 Å². The molecule has 1 aliphatic rings. The third kappa shape index (κ3) is 1.69. The molecule has 0 radical (unpaired) electrons. The second-order valence-corrected chi connectivity index (χ2v) is 4.19. The van der Waals surface area contributed by atoms with Crippen LogP contribution >= 0.6 is 15.9 Å². The van der Waals surface area contributed by atoms with Crippen LogP contribution in [0.1, 0.15) is 21.5 Å². The number of cyclic esters (lactones) is 1. The van der Waals surface area contributed by atoms with E-state index in [1.165, 1.54) is 0 Å². The molecule has 0 N–H and O–H groups in total. The van der Waals surface area contributed by atoms with E-state index in [9.17, 15) is 4.79 Å². The number of ether oxygens (including phenoxy) is 1. The summed E-state index contributed by atoms with van der Waals surface area (Å²) in [5.74, 6) is -0.195. The van der Waals surface area contributed by atoms with Crippen LogP contribution in [-0.2, 0) is 11.2 Å². The number of halogens is 1. The lowest BCUT2D eigenvalue weighted by atomic mass is 9.97. The summed E-state index contributed by atoms with van der Waals surface area (Å²) in [6.07, 6.45) is 0.796. The molecule has 3 heteroatoms. The zero-order chi connectivity index (χ0) is 10.1. The first-order valence-corrected chi connectivity index (χ1v) is 5.69. The highest BCUT2D eigenvalue weighted by Gasteiger charge is 2.25. The third-order valence-electron chi connectivity index (χ3n) is 2.38. The van der Waals surface area contributed by atoms with Gasteiger partial charge in [-0.25, -0.2) is 4.79 Å². The Bertz CT molecular complexity index is 374. The van der Waals surface area contributed by atoms with Gasteiger partial charge in [-0.2, -0.15) is 0 Å². The number of alkyl halides is 1. The quantitative estimate of drug-likeness (QED) is 0.569. The van der Waals surface area contributed by atoms with Crippen molar-refractivity contribution >= 4 is 21.9 Å². The number of hydrogen-bond acceptors (Lipinski definition) is 2. The number of carbonyl (C=O) groups excluding carboxylic acids is 1. The van der Waals surface area contributed by atoms with Gasteiger partial charge in [0.2, 0.25) is 0 Å². The Labute approximate surface area is 91.4 Å². The molecule has 0 spiro atoms. The number of esters is 1. The largest absolute Gasteiger partial charge is 0.458 e. The summed E-state index contributed by atoms with van der Waals surface area (Å²) in [5, 5.41) is 0.700. The maximum atomic E-state index is 11.6. The average molecular weight is 255 g/mol. The van der Waals surface area contributed by atoms with Crippen molar-refractivity contribution in [3.8, 4) is 0 Å². The molecule has 0 fully saturated rings. The van der Waals surface area contributed by atoms with Gasteiger partial charge in [-0.3, -0.25) is 0 Å². The number of hydrogen-bond donors (Lipinski definition) is 0. The summed E-state index contributed by atoms with van der Waals surface area (Å²) in [5.41, 5.74) is 2.91. The topological polar surface area (TPSA) is 26.3 Å². The van der Waals surface area contributed by atoms with Crippen LogP contribution in [0.5, 0.6) is 0 Å². The number of carbonyl (C=O) groups is 1. The molecule has 0 amide bonds. The Kier molecular flexibility index (Phi) is 2.59. The van der Waals surface area contributed by atoms with E-state index < -0.39 is 0 Å². The Morgan fingerprint density at radius 1 is 1.57 bits per heavy atom. The highest BCUT2D eigenvalue weighted by Crippen LogP contribution is 2.22. The van der Waals surface area contributed by atoms with Crippen LogP contribution in [0.4, 0.5) is 0 Å². The van der Waals surface area contributed by atoms with Crippen molar-refractivity contribution in [2.75, 3.05) is 5.33 Å². The Morgan fingerprint density at radius 3 is 3.07 bits per heavy atom. The molecule has 74 valence electrons. The second-order valence-electron chi connectivity index (χ2n) is 3.55. The van der Waals surface area contributed by atoms with E-state index in [1.54, 1.807) is 0 Å². The summed E-state index contributed by atoms with van der Waals surface area (Å²) in [7, 11) is 0. The van der Waals surface area contributed by atoms with Crippen LogP contribution in [0.15, 0.2) is 18.2 Å². The smallest absolute Gasteiger partial charge is 0.338 e. The maximum Gasteiger partial charge on any atom is 0.338 e. The first-order chi connectivity index (χ1) is 6.70. The Hall–Kier alpha value is -0.830. The van der Waals surface area contributed by atoms with E-state index in [0.717, 1.165) is 23.1 Å². The van der Waals surface area contributed by atoms with E-state index in [0.29, 0.717) is 5.33 Å². The monoisotopic (exact) mass is 254 g/mol. The first kappa shape index (κ1) is 9.71. The average Bonchev–Trinajstić information content (AvgIpc) is 2.19. The standard InChI is InChI=1S/C11H11BrO2/c1-7-2-3-8-5-9(6-12)14-11(13)10(8)4-7/h2-4,9H,5-6H2,1H3/t9-/m0/s1. The van der Waals surface area contributed by atoms with Gasteiger partial charge in [-0.05, 0) is 18.6 Å². The van der Waals surface area contributed by atoms with Crippen LogP contribution in [-0.4, -0.2) is 17.4 Å². The van der Waals surface area contributed by atoms with Gasteiger partial charge >= 0.3 is 5.97 Å². The zero-order valence-electron chi connectivity index (χ0n) is 7.92. The Morgan fingerprint density at radius 2 is 2.36 bits per heavy atom. The van der Waals surface area contributed by atoms with Crippen molar-refractivity contribution in [2.45, 2.75) is 19.4 Å². The van der Waals surface area contributed by atoms with Gasteiger partial charge in [0.25, 0.3) is 0 Å². The minimum absolute atomic E-state index is 0.0160. The molecule has 2 rings (SSSR count). The third-order valence-corrected chi connectivity index (χ3v) is 3.10. The van der Waals surface area contributed by atoms with Crippen molar-refractivity contribution in [3.63, 3.8) is 0 Å². The fourth-order valence-electron chi connectivity index (χ4n) is 1.65. The molecular formula is C11H11BrO2. The van der Waals surface area contributed by atoms with Gasteiger partial charge in [-0.15, -0.1) is 0 Å². The van der Waals surface area contributed by atoms with Crippen LogP contribution < -0.4 is 0 Å².